The van der Waals surface area contributed by atoms with E-state index in [-0.39, 0.29) is 12.5 Å². The van der Waals surface area contributed by atoms with E-state index in [0.29, 0.717) is 5.69 Å². The normalized spacial score (nSPS) is 9.50. The minimum absolute atomic E-state index is 0.0175. The van der Waals surface area contributed by atoms with Gasteiger partial charge < -0.3 is 14.6 Å². The standard InChI is InChI=1S/C11H12N2O3/c1-3-6-13(8-10(14)15)11(16)9-5-4-7-12(9)2/h1,4-5,7H,6,8H2,2H3,(H,14,15). The van der Waals surface area contributed by atoms with Gasteiger partial charge in [0.1, 0.15) is 12.2 Å². The number of carbonyl (C=O) groups is 2. The zero-order valence-corrected chi connectivity index (χ0v) is 8.88. The van der Waals surface area contributed by atoms with Gasteiger partial charge in [0.2, 0.25) is 0 Å². The fourth-order valence-electron chi connectivity index (χ4n) is 1.32. The number of carbonyl (C=O) groups excluding carboxylic acids is 1. The Kier molecular flexibility index (Phi) is 3.72. The Balaban J connectivity index is 2.88. The van der Waals surface area contributed by atoms with Crippen LogP contribution in [-0.4, -0.2) is 39.5 Å². The number of aryl methyl sites for hydroxylation is 1. The van der Waals surface area contributed by atoms with Crippen LogP contribution in [0.1, 0.15) is 10.5 Å². The van der Waals surface area contributed by atoms with Gasteiger partial charge in [-0.3, -0.25) is 9.59 Å². The molecule has 0 aliphatic carbocycles. The smallest absolute Gasteiger partial charge is 0.323 e. The molecule has 0 aliphatic heterocycles. The molecule has 0 saturated heterocycles. The third-order valence-electron chi connectivity index (χ3n) is 2.06. The summed E-state index contributed by atoms with van der Waals surface area (Å²) >= 11 is 0. The average molecular weight is 220 g/mol. The van der Waals surface area contributed by atoms with Crippen molar-refractivity contribution in [3.8, 4) is 12.3 Å². The Morgan fingerprint density at radius 1 is 1.62 bits per heavy atom. The van der Waals surface area contributed by atoms with Gasteiger partial charge >= 0.3 is 5.97 Å². The lowest BCUT2D eigenvalue weighted by Gasteiger charge is -2.17. The molecule has 0 aliphatic rings. The fourth-order valence-corrected chi connectivity index (χ4v) is 1.32. The van der Waals surface area contributed by atoms with Crippen molar-refractivity contribution < 1.29 is 14.7 Å². The van der Waals surface area contributed by atoms with Crippen LogP contribution in [0.2, 0.25) is 0 Å². The molecular weight excluding hydrogens is 208 g/mol. The zero-order valence-electron chi connectivity index (χ0n) is 8.88. The van der Waals surface area contributed by atoms with E-state index in [9.17, 15) is 9.59 Å². The number of terminal acetylenes is 1. The summed E-state index contributed by atoms with van der Waals surface area (Å²) in [5.41, 5.74) is 0.413. The second kappa shape index (κ2) is 5.03. The number of rotatable bonds is 4. The van der Waals surface area contributed by atoms with Gasteiger partial charge in [-0.25, -0.2) is 0 Å². The highest BCUT2D eigenvalue weighted by atomic mass is 16.4. The van der Waals surface area contributed by atoms with Crippen LogP contribution in [0.15, 0.2) is 18.3 Å². The molecule has 0 bridgehead atoms. The second-order valence-corrected chi connectivity index (χ2v) is 3.26. The molecule has 16 heavy (non-hydrogen) atoms. The molecule has 1 rings (SSSR count). The molecule has 1 amide bonds. The quantitative estimate of drug-likeness (QED) is 0.736. The van der Waals surface area contributed by atoms with Crippen molar-refractivity contribution in [1.82, 2.24) is 9.47 Å². The third kappa shape index (κ3) is 2.64. The first-order valence-corrected chi connectivity index (χ1v) is 4.62. The van der Waals surface area contributed by atoms with Gasteiger partial charge in [0.25, 0.3) is 5.91 Å². The van der Waals surface area contributed by atoms with Crippen molar-refractivity contribution in [2.75, 3.05) is 13.1 Å². The summed E-state index contributed by atoms with van der Waals surface area (Å²) < 4.78 is 1.62. The van der Waals surface area contributed by atoms with Crippen LogP contribution in [-0.2, 0) is 11.8 Å². The number of hydrogen-bond donors (Lipinski definition) is 1. The van der Waals surface area contributed by atoms with Crippen LogP contribution in [0.25, 0.3) is 0 Å². The van der Waals surface area contributed by atoms with Crippen molar-refractivity contribution in [2.24, 2.45) is 7.05 Å². The lowest BCUT2D eigenvalue weighted by molar-refractivity contribution is -0.137. The molecule has 0 aromatic carbocycles. The van der Waals surface area contributed by atoms with Gasteiger partial charge in [-0.05, 0) is 12.1 Å². The summed E-state index contributed by atoms with van der Waals surface area (Å²) in [6, 6.07) is 3.33. The summed E-state index contributed by atoms with van der Waals surface area (Å²) in [6.45, 7) is -0.412. The van der Waals surface area contributed by atoms with E-state index in [0.717, 1.165) is 4.90 Å². The average Bonchev–Trinajstić information content (AvgIpc) is 2.62. The molecule has 0 saturated carbocycles. The fraction of sp³-hybridized carbons (Fsp3) is 0.273. The van der Waals surface area contributed by atoms with E-state index >= 15 is 0 Å². The largest absolute Gasteiger partial charge is 0.480 e. The van der Waals surface area contributed by atoms with Crippen molar-refractivity contribution in [1.29, 1.82) is 0 Å². The number of nitrogens with zero attached hydrogens (tertiary/aromatic N) is 2. The summed E-state index contributed by atoms with van der Waals surface area (Å²) in [6.07, 6.45) is 6.80. The topological polar surface area (TPSA) is 62.5 Å². The highest BCUT2D eigenvalue weighted by Crippen LogP contribution is 2.04. The third-order valence-corrected chi connectivity index (χ3v) is 2.06. The van der Waals surface area contributed by atoms with Crippen LogP contribution in [0.3, 0.4) is 0 Å². The SMILES string of the molecule is C#CCN(CC(=O)O)C(=O)c1cccn1C. The van der Waals surface area contributed by atoms with Crippen molar-refractivity contribution in [3.63, 3.8) is 0 Å². The van der Waals surface area contributed by atoms with Crippen LogP contribution in [0.5, 0.6) is 0 Å². The summed E-state index contributed by atoms with van der Waals surface area (Å²) in [4.78, 5) is 23.6. The van der Waals surface area contributed by atoms with E-state index in [1.165, 1.54) is 0 Å². The minimum atomic E-state index is -1.09. The predicted molar refractivity (Wildman–Crippen MR) is 57.8 cm³/mol. The van der Waals surface area contributed by atoms with Gasteiger partial charge in [0.05, 0.1) is 6.54 Å². The number of aliphatic carboxylic acids is 1. The van der Waals surface area contributed by atoms with Crippen LogP contribution >= 0.6 is 0 Å². The maximum absolute atomic E-state index is 11.9. The molecule has 0 radical (unpaired) electrons. The van der Waals surface area contributed by atoms with Gasteiger partial charge in [-0.15, -0.1) is 6.42 Å². The summed E-state index contributed by atoms with van der Waals surface area (Å²) in [7, 11) is 1.71. The van der Waals surface area contributed by atoms with Crippen molar-refractivity contribution in [3.05, 3.63) is 24.0 Å². The molecule has 0 atom stereocenters. The zero-order chi connectivity index (χ0) is 12.1. The van der Waals surface area contributed by atoms with E-state index in [2.05, 4.69) is 5.92 Å². The lowest BCUT2D eigenvalue weighted by Crippen LogP contribution is -2.36. The molecule has 5 heteroatoms. The second-order valence-electron chi connectivity index (χ2n) is 3.26. The minimum Gasteiger partial charge on any atom is -0.480 e. The Labute approximate surface area is 93.3 Å². The van der Waals surface area contributed by atoms with Crippen molar-refractivity contribution in [2.45, 2.75) is 0 Å². The monoisotopic (exact) mass is 220 g/mol. The molecule has 5 nitrogen and oxygen atoms in total. The van der Waals surface area contributed by atoms with E-state index in [1.807, 2.05) is 0 Å². The molecule has 1 N–H and O–H groups in total. The Hall–Kier alpha value is -2.22. The first-order valence-electron chi connectivity index (χ1n) is 4.62. The van der Waals surface area contributed by atoms with Gasteiger partial charge in [0, 0.05) is 13.2 Å². The summed E-state index contributed by atoms with van der Waals surface area (Å²) in [5, 5.41) is 8.66. The molecular formula is C11H12N2O3. The maximum Gasteiger partial charge on any atom is 0.323 e. The van der Waals surface area contributed by atoms with Gasteiger partial charge in [0.15, 0.2) is 0 Å². The Bertz CT molecular complexity index is 442. The van der Waals surface area contributed by atoms with Gasteiger partial charge in [-0.1, -0.05) is 5.92 Å². The van der Waals surface area contributed by atoms with E-state index in [4.69, 9.17) is 11.5 Å². The number of hydrogen-bond acceptors (Lipinski definition) is 2. The first-order chi connectivity index (χ1) is 7.56. The molecule has 1 heterocycles. The van der Waals surface area contributed by atoms with E-state index < -0.39 is 12.5 Å². The Morgan fingerprint density at radius 2 is 2.31 bits per heavy atom. The molecule has 0 unspecified atom stereocenters. The molecule has 1 aromatic rings. The number of carboxylic acid groups (broad SMARTS) is 1. The highest BCUT2D eigenvalue weighted by molar-refractivity contribution is 5.94. The molecule has 0 fully saturated rings. The van der Waals surface area contributed by atoms with Crippen LogP contribution < -0.4 is 0 Å². The molecule has 84 valence electrons. The molecule has 1 aromatic heterocycles. The highest BCUT2D eigenvalue weighted by Gasteiger charge is 2.19. The van der Waals surface area contributed by atoms with Crippen LogP contribution in [0, 0.1) is 12.3 Å². The Morgan fingerprint density at radius 3 is 2.75 bits per heavy atom. The van der Waals surface area contributed by atoms with E-state index in [1.54, 1.807) is 29.9 Å². The lowest BCUT2D eigenvalue weighted by atomic mass is 10.3. The predicted octanol–water partition coefficient (Wildman–Crippen LogP) is 0.185. The van der Waals surface area contributed by atoms with Crippen LogP contribution in [0.4, 0.5) is 0 Å². The number of amides is 1. The van der Waals surface area contributed by atoms with Gasteiger partial charge in [-0.2, -0.15) is 0 Å². The maximum atomic E-state index is 11.9. The van der Waals surface area contributed by atoms with Crippen molar-refractivity contribution >= 4 is 11.9 Å². The first kappa shape index (κ1) is 11.9. The number of carboxylic acids is 1. The molecule has 0 spiro atoms. The number of aromatic nitrogens is 1. The summed E-state index contributed by atoms with van der Waals surface area (Å²) in [5.74, 6) is 0.801.